The maximum absolute atomic E-state index is 4.31. The largest absolute Gasteiger partial charge is 0.369 e. The second kappa shape index (κ2) is 6.05. The van der Waals surface area contributed by atoms with Crippen molar-refractivity contribution in [3.8, 4) is 0 Å². The van der Waals surface area contributed by atoms with E-state index in [-0.39, 0.29) is 0 Å². The number of aromatic nitrogens is 2. The molecule has 1 fully saturated rings. The summed E-state index contributed by atoms with van der Waals surface area (Å²) >= 11 is 0. The molecule has 2 rings (SSSR count). The Morgan fingerprint density at radius 1 is 1.65 bits per heavy atom. The van der Waals surface area contributed by atoms with E-state index in [0.29, 0.717) is 0 Å². The zero-order valence-corrected chi connectivity index (χ0v) is 10.9. The van der Waals surface area contributed by atoms with Gasteiger partial charge >= 0.3 is 0 Å². The molecule has 2 N–H and O–H groups in total. The Morgan fingerprint density at radius 3 is 3.18 bits per heavy atom. The van der Waals surface area contributed by atoms with Crippen LogP contribution < -0.4 is 10.6 Å². The first kappa shape index (κ1) is 12.4. The molecule has 0 aliphatic carbocycles. The molecule has 1 aliphatic heterocycles. The van der Waals surface area contributed by atoms with Crippen molar-refractivity contribution in [1.29, 1.82) is 0 Å². The van der Waals surface area contributed by atoms with Gasteiger partial charge in [0.15, 0.2) is 0 Å². The number of nitrogens with one attached hydrogen (secondary N) is 2. The first-order chi connectivity index (χ1) is 8.25. The zero-order valence-electron chi connectivity index (χ0n) is 10.9. The molecule has 2 unspecified atom stereocenters. The molecule has 4 heteroatoms. The van der Waals surface area contributed by atoms with Crippen LogP contribution >= 0.6 is 0 Å². The van der Waals surface area contributed by atoms with Crippen molar-refractivity contribution >= 4 is 5.82 Å². The fourth-order valence-corrected chi connectivity index (χ4v) is 2.54. The molecule has 1 aliphatic rings. The smallest absolute Gasteiger partial charge is 0.147 e. The van der Waals surface area contributed by atoms with E-state index in [4.69, 9.17) is 0 Å². The van der Waals surface area contributed by atoms with E-state index < -0.39 is 0 Å². The second-order valence-corrected chi connectivity index (χ2v) is 5.17. The van der Waals surface area contributed by atoms with Crippen LogP contribution in [0.1, 0.15) is 26.2 Å². The summed E-state index contributed by atoms with van der Waals surface area (Å²) in [5.74, 6) is 2.63. The first-order valence-electron chi connectivity index (χ1n) is 6.70. The average Bonchev–Trinajstić information content (AvgIpc) is 2.76. The third-order valence-corrected chi connectivity index (χ3v) is 3.76. The van der Waals surface area contributed by atoms with Crippen LogP contribution in [0.4, 0.5) is 5.82 Å². The van der Waals surface area contributed by atoms with Crippen molar-refractivity contribution in [2.75, 3.05) is 25.0 Å². The maximum atomic E-state index is 4.31. The van der Waals surface area contributed by atoms with Crippen LogP contribution in [-0.2, 0) is 7.05 Å². The van der Waals surface area contributed by atoms with Gasteiger partial charge in [-0.3, -0.25) is 4.68 Å². The van der Waals surface area contributed by atoms with Crippen LogP contribution in [0.3, 0.4) is 0 Å². The SMILES string of the molecule is CC(CCNc1ccn(C)n1)C1CCCNC1. The third-order valence-electron chi connectivity index (χ3n) is 3.76. The van der Waals surface area contributed by atoms with E-state index in [9.17, 15) is 0 Å². The highest BCUT2D eigenvalue weighted by molar-refractivity contribution is 5.31. The van der Waals surface area contributed by atoms with Gasteiger partial charge in [-0.05, 0) is 44.2 Å². The number of nitrogens with zero attached hydrogens (tertiary/aromatic N) is 2. The molecule has 0 radical (unpaired) electrons. The molecule has 1 saturated heterocycles. The summed E-state index contributed by atoms with van der Waals surface area (Å²) in [5, 5.41) is 11.2. The molecule has 96 valence electrons. The summed E-state index contributed by atoms with van der Waals surface area (Å²) in [4.78, 5) is 0. The maximum Gasteiger partial charge on any atom is 0.147 e. The van der Waals surface area contributed by atoms with Crippen molar-refractivity contribution in [2.24, 2.45) is 18.9 Å². The topological polar surface area (TPSA) is 41.9 Å². The van der Waals surface area contributed by atoms with Gasteiger partial charge in [-0.25, -0.2) is 0 Å². The number of piperidine rings is 1. The van der Waals surface area contributed by atoms with Crippen LogP contribution in [0.5, 0.6) is 0 Å². The van der Waals surface area contributed by atoms with Gasteiger partial charge in [0.25, 0.3) is 0 Å². The molecule has 4 nitrogen and oxygen atoms in total. The van der Waals surface area contributed by atoms with Crippen molar-refractivity contribution < 1.29 is 0 Å². The predicted molar refractivity (Wildman–Crippen MR) is 71.1 cm³/mol. The minimum atomic E-state index is 0.791. The van der Waals surface area contributed by atoms with Crippen LogP contribution in [0.2, 0.25) is 0 Å². The van der Waals surface area contributed by atoms with E-state index in [1.54, 1.807) is 0 Å². The predicted octanol–water partition coefficient (Wildman–Crippen LogP) is 1.86. The fraction of sp³-hybridized carbons (Fsp3) is 0.769. The summed E-state index contributed by atoms with van der Waals surface area (Å²) in [6.07, 6.45) is 5.92. The molecule has 0 bridgehead atoms. The summed E-state index contributed by atoms with van der Waals surface area (Å²) in [6, 6.07) is 2.02. The van der Waals surface area contributed by atoms with Crippen molar-refractivity contribution in [2.45, 2.75) is 26.2 Å². The van der Waals surface area contributed by atoms with E-state index in [0.717, 1.165) is 24.2 Å². The molecule has 1 aromatic rings. The van der Waals surface area contributed by atoms with Crippen LogP contribution in [0, 0.1) is 11.8 Å². The van der Waals surface area contributed by atoms with Gasteiger partial charge in [-0.1, -0.05) is 6.92 Å². The lowest BCUT2D eigenvalue weighted by molar-refractivity contribution is 0.272. The summed E-state index contributed by atoms with van der Waals surface area (Å²) in [6.45, 7) is 5.80. The lowest BCUT2D eigenvalue weighted by Gasteiger charge is -2.28. The summed E-state index contributed by atoms with van der Waals surface area (Å²) in [7, 11) is 1.95. The van der Waals surface area contributed by atoms with Gasteiger partial charge in [-0.2, -0.15) is 5.10 Å². The second-order valence-electron chi connectivity index (χ2n) is 5.17. The molecule has 17 heavy (non-hydrogen) atoms. The van der Waals surface area contributed by atoms with Crippen molar-refractivity contribution in [3.63, 3.8) is 0 Å². The monoisotopic (exact) mass is 236 g/mol. The molecule has 2 atom stereocenters. The molecular formula is C13H24N4. The number of hydrogen-bond donors (Lipinski definition) is 2. The number of anilines is 1. The number of aryl methyl sites for hydroxylation is 1. The van der Waals surface area contributed by atoms with Crippen molar-refractivity contribution in [1.82, 2.24) is 15.1 Å². The Kier molecular flexibility index (Phi) is 4.42. The van der Waals surface area contributed by atoms with E-state index in [1.165, 1.54) is 32.4 Å². The van der Waals surface area contributed by atoms with Gasteiger partial charge in [0.2, 0.25) is 0 Å². The average molecular weight is 236 g/mol. The van der Waals surface area contributed by atoms with E-state index in [2.05, 4.69) is 22.7 Å². The molecular weight excluding hydrogens is 212 g/mol. The van der Waals surface area contributed by atoms with Crippen LogP contribution in [0.15, 0.2) is 12.3 Å². The minimum Gasteiger partial charge on any atom is -0.369 e. The summed E-state index contributed by atoms with van der Waals surface area (Å²) in [5.41, 5.74) is 0. The van der Waals surface area contributed by atoms with Gasteiger partial charge in [0.1, 0.15) is 5.82 Å². The third kappa shape index (κ3) is 3.73. The van der Waals surface area contributed by atoms with Crippen LogP contribution in [0.25, 0.3) is 0 Å². The highest BCUT2D eigenvalue weighted by atomic mass is 15.3. The van der Waals surface area contributed by atoms with E-state index >= 15 is 0 Å². The number of hydrogen-bond acceptors (Lipinski definition) is 3. The van der Waals surface area contributed by atoms with Gasteiger partial charge in [0.05, 0.1) is 0 Å². The Morgan fingerprint density at radius 2 is 2.53 bits per heavy atom. The highest BCUT2D eigenvalue weighted by Crippen LogP contribution is 2.22. The van der Waals surface area contributed by atoms with Gasteiger partial charge in [-0.15, -0.1) is 0 Å². The molecule has 2 heterocycles. The molecule has 0 saturated carbocycles. The normalized spacial score (nSPS) is 22.4. The Hall–Kier alpha value is -1.03. The number of rotatable bonds is 5. The Balaban J connectivity index is 1.67. The molecule has 0 spiro atoms. The summed E-state index contributed by atoms with van der Waals surface area (Å²) < 4.78 is 1.83. The van der Waals surface area contributed by atoms with Gasteiger partial charge < -0.3 is 10.6 Å². The van der Waals surface area contributed by atoms with Crippen LogP contribution in [-0.4, -0.2) is 29.4 Å². The zero-order chi connectivity index (χ0) is 12.1. The highest BCUT2D eigenvalue weighted by Gasteiger charge is 2.19. The first-order valence-corrected chi connectivity index (χ1v) is 6.70. The molecule has 0 aromatic carbocycles. The Labute approximate surface area is 104 Å². The lowest BCUT2D eigenvalue weighted by Crippen LogP contribution is -2.33. The lowest BCUT2D eigenvalue weighted by atomic mass is 9.85. The Bertz CT molecular complexity index is 328. The van der Waals surface area contributed by atoms with Crippen molar-refractivity contribution in [3.05, 3.63) is 12.3 Å². The quantitative estimate of drug-likeness (QED) is 0.820. The van der Waals surface area contributed by atoms with Gasteiger partial charge in [0, 0.05) is 25.9 Å². The van der Waals surface area contributed by atoms with E-state index in [1.807, 2.05) is 24.0 Å². The standard InChI is InChI=1S/C13H24N4/c1-11(12-4-3-7-14-10-12)5-8-15-13-6-9-17(2)16-13/h6,9,11-12,14H,3-5,7-8,10H2,1-2H3,(H,15,16). The molecule has 1 aromatic heterocycles. The fourth-order valence-electron chi connectivity index (χ4n) is 2.54. The molecule has 0 amide bonds. The minimum absolute atomic E-state index is 0.791.